The van der Waals surface area contributed by atoms with E-state index in [0.717, 1.165) is 7.11 Å². The van der Waals surface area contributed by atoms with E-state index < -0.39 is 82.3 Å². The molecule has 13 heteroatoms. The highest BCUT2D eigenvalue weighted by atomic mass is 16.7. The molecule has 0 radical (unpaired) electrons. The molecule has 1 saturated heterocycles. The number of rotatable bonds is 3. The summed E-state index contributed by atoms with van der Waals surface area (Å²) in [5.74, 6) is -5.11. The Morgan fingerprint density at radius 2 is 1.77 bits per heavy atom. The standard InChI is InChI=1S/C30H34N2O11/c1-29(40)9-13(31-3)15-10(19(29)27(39)41-6)7-11-16(22(15)35)23(36)17-14(33)8-12-25(18(17)21(11)34)42-28-24(37)20(32(4)5)26(38)30(12,2)43-28/h7-8,13,19-20,24,26,28,31,33,35,37-38,40H,9H2,1-6H3/t13-,19-,20-,24-,26+,28+,29-,30+/m0/s1. The Hall–Kier alpha value is -3.59. The minimum Gasteiger partial charge on any atom is -0.507 e. The molecule has 2 aromatic carbocycles. The van der Waals surface area contributed by atoms with Crippen molar-refractivity contribution in [3.05, 3.63) is 51.1 Å². The molecule has 4 aliphatic rings. The average molecular weight is 599 g/mol. The molecule has 8 atom stereocenters. The molecule has 0 unspecified atom stereocenters. The van der Waals surface area contributed by atoms with Crippen molar-refractivity contribution in [1.82, 2.24) is 10.2 Å². The lowest BCUT2D eigenvalue weighted by atomic mass is 9.67. The number of ketones is 2. The van der Waals surface area contributed by atoms with Crippen molar-refractivity contribution in [3.63, 3.8) is 0 Å². The Balaban J connectivity index is 1.61. The first-order valence-electron chi connectivity index (χ1n) is 13.8. The third-order valence-electron chi connectivity index (χ3n) is 9.48. The van der Waals surface area contributed by atoms with Gasteiger partial charge in [0.25, 0.3) is 0 Å². The van der Waals surface area contributed by atoms with Crippen LogP contribution in [0, 0.1) is 0 Å². The average Bonchev–Trinajstić information content (AvgIpc) is 2.93. The zero-order valence-corrected chi connectivity index (χ0v) is 24.5. The zero-order chi connectivity index (χ0) is 31.5. The summed E-state index contributed by atoms with van der Waals surface area (Å²) in [5, 5.41) is 59.3. The van der Waals surface area contributed by atoms with Crippen molar-refractivity contribution in [1.29, 1.82) is 0 Å². The largest absolute Gasteiger partial charge is 0.507 e. The van der Waals surface area contributed by atoms with Crippen LogP contribution in [0.1, 0.15) is 80.8 Å². The van der Waals surface area contributed by atoms with Gasteiger partial charge in [0, 0.05) is 22.7 Å². The Morgan fingerprint density at radius 1 is 1.09 bits per heavy atom. The first-order valence-corrected chi connectivity index (χ1v) is 13.8. The fraction of sp³-hybridized carbons (Fsp3) is 0.500. The molecule has 2 bridgehead atoms. The Bertz CT molecular complexity index is 1600. The normalized spacial score (nSPS) is 34.1. The third kappa shape index (κ3) is 3.76. The molecular weight excluding hydrogens is 564 g/mol. The van der Waals surface area contributed by atoms with Crippen LogP contribution in [0.5, 0.6) is 17.2 Å². The van der Waals surface area contributed by atoms with Gasteiger partial charge in [-0.3, -0.25) is 14.4 Å². The number of fused-ring (bicyclic) bond motifs is 8. The molecule has 0 spiro atoms. The number of carbonyl (C=O) groups excluding carboxylic acids is 3. The molecule has 0 aromatic heterocycles. The number of aliphatic hydroxyl groups excluding tert-OH is 2. The highest BCUT2D eigenvalue weighted by Gasteiger charge is 2.59. The summed E-state index contributed by atoms with van der Waals surface area (Å²) in [5.41, 5.74) is -4.27. The molecule has 230 valence electrons. The quantitative estimate of drug-likeness (QED) is 0.223. The number of methoxy groups -OCH3 is 1. The Kier molecular flexibility index (Phi) is 6.48. The number of hydrogen-bond donors (Lipinski definition) is 6. The summed E-state index contributed by atoms with van der Waals surface area (Å²) in [6, 6.07) is 0.937. The van der Waals surface area contributed by atoms with Crippen molar-refractivity contribution in [2.24, 2.45) is 0 Å². The minimum absolute atomic E-state index is 0.0213. The summed E-state index contributed by atoms with van der Waals surface area (Å²) in [6.07, 6.45) is -4.05. The number of ether oxygens (including phenoxy) is 3. The molecule has 0 saturated carbocycles. The molecule has 2 aromatic rings. The fourth-order valence-electron chi connectivity index (χ4n) is 7.35. The maximum absolute atomic E-state index is 14.3. The number of aromatic hydroxyl groups is 2. The molecule has 2 aliphatic carbocycles. The number of benzene rings is 2. The van der Waals surface area contributed by atoms with Crippen LogP contribution in [0.25, 0.3) is 0 Å². The van der Waals surface area contributed by atoms with Gasteiger partial charge < -0.3 is 50.0 Å². The topological polar surface area (TPSA) is 195 Å². The van der Waals surface area contributed by atoms with Crippen molar-refractivity contribution in [2.45, 2.75) is 68.0 Å². The van der Waals surface area contributed by atoms with E-state index in [-0.39, 0.29) is 45.6 Å². The summed E-state index contributed by atoms with van der Waals surface area (Å²) >= 11 is 0. The number of carbonyl (C=O) groups is 3. The lowest BCUT2D eigenvalue weighted by Gasteiger charge is -2.53. The molecule has 0 amide bonds. The molecule has 43 heavy (non-hydrogen) atoms. The van der Waals surface area contributed by atoms with Crippen LogP contribution in [0.4, 0.5) is 0 Å². The second kappa shape index (κ2) is 9.45. The molecule has 6 N–H and O–H groups in total. The van der Waals surface area contributed by atoms with Gasteiger partial charge in [-0.25, -0.2) is 0 Å². The van der Waals surface area contributed by atoms with Gasteiger partial charge in [-0.15, -0.1) is 0 Å². The van der Waals surface area contributed by atoms with Gasteiger partial charge in [0.2, 0.25) is 12.1 Å². The van der Waals surface area contributed by atoms with Crippen molar-refractivity contribution in [2.75, 3.05) is 28.3 Å². The second-order valence-electron chi connectivity index (χ2n) is 12.3. The number of aliphatic hydroxyl groups is 3. The van der Waals surface area contributed by atoms with Crippen LogP contribution < -0.4 is 10.1 Å². The van der Waals surface area contributed by atoms with Crippen LogP contribution in [-0.2, 0) is 19.9 Å². The summed E-state index contributed by atoms with van der Waals surface area (Å²) in [4.78, 5) is 42.9. The lowest BCUT2D eigenvalue weighted by molar-refractivity contribution is -0.311. The predicted octanol–water partition coefficient (Wildman–Crippen LogP) is 0.161. The number of esters is 1. The number of nitrogens with zero attached hydrogens (tertiary/aromatic N) is 1. The van der Waals surface area contributed by atoms with Gasteiger partial charge in [0.1, 0.15) is 41.0 Å². The van der Waals surface area contributed by atoms with Crippen molar-refractivity contribution < 1.29 is 54.1 Å². The smallest absolute Gasteiger partial charge is 0.316 e. The Morgan fingerprint density at radius 3 is 2.37 bits per heavy atom. The molecule has 2 aliphatic heterocycles. The van der Waals surface area contributed by atoms with E-state index in [1.54, 1.807) is 26.0 Å². The maximum Gasteiger partial charge on any atom is 0.316 e. The molecule has 2 heterocycles. The number of likely N-dealkylation sites (N-methyl/N-ethyl adjacent to an activating group) is 1. The SMILES string of the molecule is CN[C@H]1C[C@](C)(O)[C@H](C(=O)OC)c2cc3c(c(O)c21)C(=O)c1c(O)cc2c(c1C3=O)O[C@@H]1O[C@@]2(C)[C@H](O)[C@@H](N(C)C)[C@@H]1O. The zero-order valence-electron chi connectivity index (χ0n) is 24.5. The van der Waals surface area contributed by atoms with E-state index in [0.29, 0.717) is 0 Å². The van der Waals surface area contributed by atoms with E-state index >= 15 is 0 Å². The van der Waals surface area contributed by atoms with Gasteiger partial charge >= 0.3 is 5.97 Å². The molecule has 13 nitrogen and oxygen atoms in total. The highest BCUT2D eigenvalue weighted by Crippen LogP contribution is 2.55. The maximum atomic E-state index is 14.3. The van der Waals surface area contributed by atoms with Gasteiger partial charge in [-0.2, -0.15) is 0 Å². The van der Waals surface area contributed by atoms with E-state index in [1.807, 2.05) is 0 Å². The van der Waals surface area contributed by atoms with Gasteiger partial charge in [0.05, 0.1) is 35.4 Å². The summed E-state index contributed by atoms with van der Waals surface area (Å²) in [7, 11) is 6.07. The van der Waals surface area contributed by atoms with E-state index in [9.17, 15) is 39.9 Å². The van der Waals surface area contributed by atoms with Crippen LogP contribution in [0.2, 0.25) is 0 Å². The van der Waals surface area contributed by atoms with Gasteiger partial charge in [-0.1, -0.05) is 0 Å². The summed E-state index contributed by atoms with van der Waals surface area (Å²) in [6.45, 7) is 2.98. The molecule has 6 rings (SSSR count). The first kappa shape index (κ1) is 29.5. The highest BCUT2D eigenvalue weighted by molar-refractivity contribution is 6.31. The summed E-state index contributed by atoms with van der Waals surface area (Å²) < 4.78 is 16.9. The Labute approximate surface area is 246 Å². The van der Waals surface area contributed by atoms with Crippen molar-refractivity contribution in [3.8, 4) is 17.2 Å². The van der Waals surface area contributed by atoms with E-state index in [1.165, 1.54) is 26.0 Å². The van der Waals surface area contributed by atoms with Crippen LogP contribution in [-0.4, -0.2) is 106 Å². The third-order valence-corrected chi connectivity index (χ3v) is 9.48. The van der Waals surface area contributed by atoms with E-state index in [4.69, 9.17) is 14.2 Å². The first-order chi connectivity index (χ1) is 20.1. The van der Waals surface area contributed by atoms with Crippen LogP contribution in [0.15, 0.2) is 12.1 Å². The number of nitrogens with one attached hydrogen (secondary N) is 1. The number of phenols is 2. The van der Waals surface area contributed by atoms with Gasteiger partial charge in [-0.05, 0) is 59.1 Å². The van der Waals surface area contributed by atoms with Crippen LogP contribution in [0.3, 0.4) is 0 Å². The fourth-order valence-corrected chi connectivity index (χ4v) is 7.35. The molecular formula is C30H34N2O11. The number of phenolic OH excluding ortho intramolecular Hbond substituents is 2. The van der Waals surface area contributed by atoms with Crippen molar-refractivity contribution >= 4 is 17.5 Å². The second-order valence-corrected chi connectivity index (χ2v) is 12.3. The lowest BCUT2D eigenvalue weighted by Crippen LogP contribution is -2.68. The van der Waals surface area contributed by atoms with E-state index in [2.05, 4.69) is 5.32 Å². The van der Waals surface area contributed by atoms with Gasteiger partial charge in [0.15, 0.2) is 5.78 Å². The predicted molar refractivity (Wildman–Crippen MR) is 147 cm³/mol. The minimum atomic E-state index is -1.65. The monoisotopic (exact) mass is 598 g/mol. The number of hydrogen-bond acceptors (Lipinski definition) is 13. The van der Waals surface area contributed by atoms with Crippen LogP contribution >= 0.6 is 0 Å². The molecule has 1 fully saturated rings.